The van der Waals surface area contributed by atoms with Crippen LogP contribution < -0.4 is 19.7 Å². The van der Waals surface area contributed by atoms with E-state index < -0.39 is 11.9 Å². The summed E-state index contributed by atoms with van der Waals surface area (Å²) in [7, 11) is 0. The van der Waals surface area contributed by atoms with Crippen LogP contribution in [0.25, 0.3) is 0 Å². The predicted octanol–water partition coefficient (Wildman–Crippen LogP) is 2.87. The number of nitrogens with one attached hydrogen (secondary N) is 1. The second kappa shape index (κ2) is 8.88. The molecule has 166 valence electrons. The van der Waals surface area contributed by atoms with Crippen molar-refractivity contribution >= 4 is 39.8 Å². The molecular formula is C22H21N3O6S. The van der Waals surface area contributed by atoms with Crippen LogP contribution in [0.4, 0.5) is 10.7 Å². The fraction of sp³-hybridized carbons (Fsp3) is 0.364. The van der Waals surface area contributed by atoms with Gasteiger partial charge >= 0.3 is 5.97 Å². The maximum Gasteiger partial charge on any atom is 0.348 e. The number of rotatable bonds is 5. The zero-order valence-electron chi connectivity index (χ0n) is 17.6. The minimum absolute atomic E-state index is 0.0389. The van der Waals surface area contributed by atoms with E-state index in [0.29, 0.717) is 36.0 Å². The molecule has 0 bridgehead atoms. The van der Waals surface area contributed by atoms with Crippen molar-refractivity contribution in [2.24, 2.45) is 5.92 Å². The smallest absolute Gasteiger partial charge is 0.348 e. The maximum absolute atomic E-state index is 12.9. The third-order valence-electron chi connectivity index (χ3n) is 5.29. The van der Waals surface area contributed by atoms with Crippen molar-refractivity contribution in [1.29, 1.82) is 5.26 Å². The van der Waals surface area contributed by atoms with Gasteiger partial charge in [-0.25, -0.2) is 4.79 Å². The lowest BCUT2D eigenvalue weighted by Crippen LogP contribution is -2.28. The fourth-order valence-corrected chi connectivity index (χ4v) is 4.73. The van der Waals surface area contributed by atoms with Crippen LogP contribution in [0.15, 0.2) is 18.2 Å². The van der Waals surface area contributed by atoms with E-state index in [0.717, 1.165) is 11.3 Å². The van der Waals surface area contributed by atoms with Crippen LogP contribution in [-0.4, -0.2) is 44.1 Å². The van der Waals surface area contributed by atoms with Crippen LogP contribution in [0.5, 0.6) is 11.5 Å². The van der Waals surface area contributed by atoms with Crippen molar-refractivity contribution in [2.45, 2.75) is 20.3 Å². The first-order valence-electron chi connectivity index (χ1n) is 10.1. The molecule has 4 rings (SSSR count). The molecule has 3 heterocycles. The SMILES string of the molecule is CCOC(=O)c1sc(NC(=O)[C@@H]2CC(=O)N(c3ccc4c(c3)OCCO4)C2)c(C#N)c1C. The van der Waals surface area contributed by atoms with Gasteiger partial charge < -0.3 is 24.4 Å². The predicted molar refractivity (Wildman–Crippen MR) is 116 cm³/mol. The number of hydrogen-bond acceptors (Lipinski definition) is 8. The van der Waals surface area contributed by atoms with Gasteiger partial charge in [-0.3, -0.25) is 9.59 Å². The van der Waals surface area contributed by atoms with Gasteiger partial charge in [0.2, 0.25) is 11.8 Å². The summed E-state index contributed by atoms with van der Waals surface area (Å²) >= 11 is 1.00. The Bertz CT molecular complexity index is 1140. The maximum atomic E-state index is 12.9. The number of esters is 1. The summed E-state index contributed by atoms with van der Waals surface area (Å²) < 4.78 is 16.1. The largest absolute Gasteiger partial charge is 0.486 e. The number of nitrogens with zero attached hydrogens (tertiary/aromatic N) is 2. The molecule has 0 saturated carbocycles. The van der Waals surface area contributed by atoms with E-state index in [1.165, 1.54) is 4.90 Å². The molecule has 10 heteroatoms. The summed E-state index contributed by atoms with van der Waals surface area (Å²) in [5, 5.41) is 12.5. The standard InChI is InChI=1S/C22H21N3O6S/c1-3-29-22(28)19-12(2)15(10-23)21(32-19)24-20(27)13-8-18(26)25(11-13)14-4-5-16-17(9-14)31-7-6-30-16/h4-5,9,13H,3,6-8,11H2,1-2H3,(H,24,27)/t13-/m1/s1. The molecule has 2 aromatic rings. The van der Waals surface area contributed by atoms with Crippen LogP contribution in [0.3, 0.4) is 0 Å². The molecule has 1 aromatic carbocycles. The topological polar surface area (TPSA) is 118 Å². The summed E-state index contributed by atoms with van der Waals surface area (Å²) in [5.41, 5.74) is 1.31. The molecule has 9 nitrogen and oxygen atoms in total. The Kier molecular flexibility index (Phi) is 6.01. The number of anilines is 2. The third kappa shape index (κ3) is 3.99. The number of fused-ring (bicyclic) bond motifs is 1. The zero-order chi connectivity index (χ0) is 22.8. The number of ether oxygens (including phenoxy) is 3. The fourth-order valence-electron chi connectivity index (χ4n) is 3.67. The Hall–Kier alpha value is -3.58. The molecule has 2 aliphatic heterocycles. The van der Waals surface area contributed by atoms with Crippen molar-refractivity contribution in [3.05, 3.63) is 34.2 Å². The van der Waals surface area contributed by atoms with Gasteiger partial charge in [-0.05, 0) is 31.5 Å². The molecule has 0 aliphatic carbocycles. The van der Waals surface area contributed by atoms with Gasteiger partial charge in [0.05, 0.1) is 18.1 Å². The number of carbonyl (C=O) groups excluding carboxylic acids is 3. The highest BCUT2D eigenvalue weighted by Crippen LogP contribution is 2.37. The van der Waals surface area contributed by atoms with E-state index in [-0.39, 0.29) is 46.8 Å². The number of thiophene rings is 1. The first-order chi connectivity index (χ1) is 15.4. The molecule has 2 amide bonds. The van der Waals surface area contributed by atoms with Gasteiger partial charge in [0.15, 0.2) is 11.5 Å². The van der Waals surface area contributed by atoms with E-state index >= 15 is 0 Å². The second-order valence-corrected chi connectivity index (χ2v) is 8.34. The lowest BCUT2D eigenvalue weighted by atomic mass is 10.1. The minimum atomic E-state index is -0.601. The number of carbonyl (C=O) groups is 3. The first-order valence-corrected chi connectivity index (χ1v) is 11.0. The zero-order valence-corrected chi connectivity index (χ0v) is 18.4. The van der Waals surface area contributed by atoms with Crippen LogP contribution in [0.2, 0.25) is 0 Å². The Morgan fingerprint density at radius 3 is 2.78 bits per heavy atom. The van der Waals surface area contributed by atoms with E-state index in [4.69, 9.17) is 14.2 Å². The van der Waals surface area contributed by atoms with Crippen LogP contribution >= 0.6 is 11.3 Å². The van der Waals surface area contributed by atoms with Crippen molar-refractivity contribution in [3.8, 4) is 17.6 Å². The molecule has 1 fully saturated rings. The Morgan fingerprint density at radius 1 is 1.31 bits per heavy atom. The number of benzene rings is 1. The Morgan fingerprint density at radius 2 is 2.06 bits per heavy atom. The summed E-state index contributed by atoms with van der Waals surface area (Å²) in [6, 6.07) is 7.27. The van der Waals surface area contributed by atoms with E-state index in [2.05, 4.69) is 5.32 Å². The average molecular weight is 455 g/mol. The monoisotopic (exact) mass is 455 g/mol. The molecule has 1 saturated heterocycles. The summed E-state index contributed by atoms with van der Waals surface area (Å²) in [5.74, 6) is -0.518. The summed E-state index contributed by atoms with van der Waals surface area (Å²) in [6.45, 7) is 4.65. The highest BCUT2D eigenvalue weighted by Gasteiger charge is 2.36. The van der Waals surface area contributed by atoms with Crippen molar-refractivity contribution in [2.75, 3.05) is 36.6 Å². The van der Waals surface area contributed by atoms with Crippen LogP contribution in [0.1, 0.15) is 34.1 Å². The molecule has 2 aliphatic rings. The van der Waals surface area contributed by atoms with Crippen molar-refractivity contribution < 1.29 is 28.6 Å². The van der Waals surface area contributed by atoms with E-state index in [1.807, 2.05) is 6.07 Å². The quantitative estimate of drug-likeness (QED) is 0.689. The molecule has 1 N–H and O–H groups in total. The number of hydrogen-bond donors (Lipinski definition) is 1. The van der Waals surface area contributed by atoms with Gasteiger partial charge in [-0.15, -0.1) is 11.3 Å². The molecule has 1 atom stereocenters. The second-order valence-electron chi connectivity index (χ2n) is 7.32. The molecule has 0 radical (unpaired) electrons. The van der Waals surface area contributed by atoms with Gasteiger partial charge in [0, 0.05) is 24.7 Å². The number of amides is 2. The highest BCUT2D eigenvalue weighted by molar-refractivity contribution is 7.18. The first kappa shape index (κ1) is 21.6. The minimum Gasteiger partial charge on any atom is -0.486 e. The van der Waals surface area contributed by atoms with Gasteiger partial charge in [-0.1, -0.05) is 0 Å². The molecule has 0 spiro atoms. The van der Waals surface area contributed by atoms with Gasteiger partial charge in [-0.2, -0.15) is 5.26 Å². The summed E-state index contributed by atoms with van der Waals surface area (Å²) in [4.78, 5) is 39.5. The van der Waals surface area contributed by atoms with Crippen LogP contribution in [-0.2, 0) is 14.3 Å². The third-order valence-corrected chi connectivity index (χ3v) is 6.48. The molecule has 1 aromatic heterocycles. The van der Waals surface area contributed by atoms with E-state index in [9.17, 15) is 19.6 Å². The lowest BCUT2D eigenvalue weighted by Gasteiger charge is -2.22. The highest BCUT2D eigenvalue weighted by atomic mass is 32.1. The van der Waals surface area contributed by atoms with Crippen molar-refractivity contribution in [1.82, 2.24) is 0 Å². The van der Waals surface area contributed by atoms with Crippen LogP contribution in [0, 0.1) is 24.2 Å². The number of nitriles is 1. The Balaban J connectivity index is 1.50. The van der Waals surface area contributed by atoms with Crippen molar-refractivity contribution in [3.63, 3.8) is 0 Å². The Labute approximate surface area is 188 Å². The van der Waals surface area contributed by atoms with Gasteiger partial charge in [0.1, 0.15) is 29.2 Å². The molecule has 0 unspecified atom stereocenters. The average Bonchev–Trinajstić information content (AvgIpc) is 3.33. The lowest BCUT2D eigenvalue weighted by molar-refractivity contribution is -0.122. The van der Waals surface area contributed by atoms with Gasteiger partial charge in [0.25, 0.3) is 0 Å². The molecular weight excluding hydrogens is 434 g/mol. The normalized spacial score (nSPS) is 17.1. The van der Waals surface area contributed by atoms with E-state index in [1.54, 1.807) is 32.0 Å². The summed E-state index contributed by atoms with van der Waals surface area (Å²) in [6.07, 6.45) is 0.0389. The molecule has 32 heavy (non-hydrogen) atoms.